The number of anilines is 2. The van der Waals surface area contributed by atoms with Crippen molar-refractivity contribution in [2.24, 2.45) is 0 Å². The number of halogens is 5. The summed E-state index contributed by atoms with van der Waals surface area (Å²) in [7, 11) is 1.25. The number of benzene rings is 2. The van der Waals surface area contributed by atoms with Crippen LogP contribution in [0.4, 0.5) is 37.6 Å². The van der Waals surface area contributed by atoms with E-state index in [1.54, 1.807) is 25.7 Å². The third kappa shape index (κ3) is 5.79. The van der Waals surface area contributed by atoms with Crippen LogP contribution in [-0.4, -0.2) is 54.4 Å². The molecule has 1 saturated heterocycles. The Bertz CT molecular complexity index is 1830. The number of hydrogen-bond acceptors (Lipinski definition) is 9. The van der Waals surface area contributed by atoms with Crippen LogP contribution in [0.1, 0.15) is 38.8 Å². The minimum absolute atomic E-state index is 0.0232. The molecule has 1 unspecified atom stereocenters. The average molecular weight is 635 g/mol. The summed E-state index contributed by atoms with van der Waals surface area (Å²) >= 11 is 0.617. The van der Waals surface area contributed by atoms with Crippen LogP contribution in [0.2, 0.25) is 0 Å². The van der Waals surface area contributed by atoms with Crippen LogP contribution < -0.4 is 20.3 Å². The first kappa shape index (κ1) is 31.1. The number of methoxy groups -OCH3 is 1. The maximum absolute atomic E-state index is 16.6. The number of rotatable bonds is 4. The molecule has 0 saturated carbocycles. The highest BCUT2D eigenvalue weighted by Crippen LogP contribution is 2.48. The molecule has 2 N–H and O–H groups in total. The highest BCUT2D eigenvalue weighted by atomic mass is 32.1. The molecule has 9 nitrogen and oxygen atoms in total. The fourth-order valence-corrected chi connectivity index (χ4v) is 6.17. The fourth-order valence-electron chi connectivity index (χ4n) is 5.11. The molecule has 0 spiro atoms. The van der Waals surface area contributed by atoms with Crippen molar-refractivity contribution >= 4 is 49.2 Å². The van der Waals surface area contributed by atoms with Crippen LogP contribution >= 0.6 is 11.3 Å². The van der Waals surface area contributed by atoms with Crippen LogP contribution in [0.25, 0.3) is 32.1 Å². The van der Waals surface area contributed by atoms with Crippen molar-refractivity contribution in [2.75, 3.05) is 37.0 Å². The number of fused-ring (bicyclic) bond motifs is 2. The zero-order chi connectivity index (χ0) is 32.1. The van der Waals surface area contributed by atoms with Gasteiger partial charge < -0.3 is 19.7 Å². The zero-order valence-electron chi connectivity index (χ0n) is 24.2. The second-order valence-electron chi connectivity index (χ2n) is 11.2. The Hall–Kier alpha value is -4.29. The summed E-state index contributed by atoms with van der Waals surface area (Å²) in [5.41, 5.74) is -4.43. The third-order valence-corrected chi connectivity index (χ3v) is 7.95. The van der Waals surface area contributed by atoms with Crippen molar-refractivity contribution in [3.05, 3.63) is 41.0 Å². The van der Waals surface area contributed by atoms with Crippen molar-refractivity contribution in [3.8, 4) is 23.2 Å². The maximum Gasteiger partial charge on any atom is 0.417 e. The second kappa shape index (κ2) is 11.3. The predicted molar refractivity (Wildman–Crippen MR) is 156 cm³/mol. The van der Waals surface area contributed by atoms with Gasteiger partial charge in [-0.05, 0) is 45.4 Å². The number of hydrogen-bond donors (Lipinski definition) is 2. The van der Waals surface area contributed by atoms with Crippen molar-refractivity contribution in [3.63, 3.8) is 0 Å². The molecule has 0 radical (unpaired) electrons. The van der Waals surface area contributed by atoms with Gasteiger partial charge in [-0.15, -0.1) is 11.3 Å². The van der Waals surface area contributed by atoms with E-state index in [0.717, 1.165) is 18.2 Å². The van der Waals surface area contributed by atoms with E-state index in [9.17, 15) is 23.2 Å². The van der Waals surface area contributed by atoms with E-state index in [1.165, 1.54) is 7.11 Å². The summed E-state index contributed by atoms with van der Waals surface area (Å²) < 4.78 is 86.1. The van der Waals surface area contributed by atoms with Crippen LogP contribution in [0.15, 0.2) is 18.2 Å². The molecule has 1 aliphatic heterocycles. The van der Waals surface area contributed by atoms with Crippen LogP contribution in [0.3, 0.4) is 0 Å². The maximum atomic E-state index is 16.6. The monoisotopic (exact) mass is 634 g/mol. The molecule has 4 aromatic rings. The van der Waals surface area contributed by atoms with Crippen molar-refractivity contribution in [1.82, 2.24) is 15.3 Å². The molecule has 2 aromatic carbocycles. The lowest BCUT2D eigenvalue weighted by Crippen LogP contribution is -2.49. The first-order chi connectivity index (χ1) is 20.6. The first-order valence-electron chi connectivity index (χ1n) is 13.4. The van der Waals surface area contributed by atoms with E-state index in [4.69, 9.17) is 9.47 Å². The summed E-state index contributed by atoms with van der Waals surface area (Å²) in [6.45, 7) is 8.00. The molecule has 1 atom stereocenters. The van der Waals surface area contributed by atoms with Gasteiger partial charge in [-0.1, -0.05) is 6.07 Å². The van der Waals surface area contributed by atoms with Crippen molar-refractivity contribution < 1.29 is 36.2 Å². The Labute approximate surface area is 252 Å². The SMILES string of the molecule is COc1nc(N2CCNC(C)C2)c2cc(C(F)(F)F)c(-c3ccc(F)c4sc(NC(=O)OC(C)(C)C)c(C#N)c34)c(F)c2n1. The van der Waals surface area contributed by atoms with Crippen LogP contribution in [0, 0.1) is 23.0 Å². The third-order valence-electron chi connectivity index (χ3n) is 6.83. The van der Waals surface area contributed by atoms with Crippen LogP contribution in [0.5, 0.6) is 6.01 Å². The van der Waals surface area contributed by atoms with Gasteiger partial charge in [0.15, 0.2) is 5.82 Å². The Morgan fingerprint density at radius 3 is 2.57 bits per heavy atom. The molecular formula is C29H27F5N6O3S. The van der Waals surface area contributed by atoms with Gasteiger partial charge in [0.25, 0.3) is 0 Å². The number of ether oxygens (including phenoxy) is 2. The van der Waals surface area contributed by atoms with Crippen LogP contribution in [-0.2, 0) is 10.9 Å². The molecule has 44 heavy (non-hydrogen) atoms. The van der Waals surface area contributed by atoms with E-state index in [0.29, 0.717) is 31.0 Å². The predicted octanol–water partition coefficient (Wildman–Crippen LogP) is 6.83. The molecule has 1 amide bonds. The number of alkyl halides is 3. The topological polar surface area (TPSA) is 112 Å². The fraction of sp³-hybridized carbons (Fsp3) is 0.379. The van der Waals surface area contributed by atoms with Crippen molar-refractivity contribution in [2.45, 2.75) is 45.5 Å². The normalized spacial score (nSPS) is 15.8. The quantitative estimate of drug-likeness (QED) is 0.235. The standard InChI is InChI=1S/C29H27F5N6O3S/c1-13-12-40(9-8-36-13)24-15-10-17(29(32,33)34)20(21(31)22(15)37-26(38-24)42-5)14-6-7-18(30)23-19(14)16(11-35)25(44-23)39-27(41)43-28(2,3)4/h6-7,10,13,36H,8-9,12H2,1-5H3,(H,39,41). The molecule has 2 aromatic heterocycles. The molecule has 0 aliphatic carbocycles. The minimum Gasteiger partial charge on any atom is -0.467 e. The number of nitrogens with one attached hydrogen (secondary N) is 2. The Kier molecular flexibility index (Phi) is 8.02. The molecule has 15 heteroatoms. The largest absolute Gasteiger partial charge is 0.467 e. The Balaban J connectivity index is 1.81. The summed E-state index contributed by atoms with van der Waals surface area (Å²) in [6.07, 6.45) is -6.05. The number of nitrogens with zero attached hydrogens (tertiary/aromatic N) is 4. The van der Waals surface area contributed by atoms with Gasteiger partial charge in [-0.3, -0.25) is 5.32 Å². The van der Waals surface area contributed by atoms with Gasteiger partial charge >= 0.3 is 18.3 Å². The molecule has 0 bridgehead atoms. The summed E-state index contributed by atoms with van der Waals surface area (Å²) in [5.74, 6) is -2.17. The lowest BCUT2D eigenvalue weighted by Gasteiger charge is -2.33. The lowest BCUT2D eigenvalue weighted by atomic mass is 9.92. The summed E-state index contributed by atoms with van der Waals surface area (Å²) in [4.78, 5) is 22.5. The van der Waals surface area contributed by atoms with Gasteiger partial charge in [-0.25, -0.2) is 13.6 Å². The Morgan fingerprint density at radius 1 is 1.23 bits per heavy atom. The summed E-state index contributed by atoms with van der Waals surface area (Å²) in [5, 5.41) is 15.0. The molecule has 3 heterocycles. The van der Waals surface area contributed by atoms with Gasteiger partial charge in [-0.2, -0.15) is 28.4 Å². The number of carbonyl (C=O) groups is 1. The van der Waals surface area contributed by atoms with E-state index in [-0.39, 0.29) is 43.9 Å². The number of nitriles is 1. The second-order valence-corrected chi connectivity index (χ2v) is 12.2. The number of carbonyl (C=O) groups excluding carboxylic acids is 1. The van der Waals surface area contributed by atoms with E-state index in [1.807, 2.05) is 13.0 Å². The number of piperazine rings is 1. The molecule has 1 aliphatic rings. The molecule has 232 valence electrons. The number of thiophene rings is 1. The first-order valence-corrected chi connectivity index (χ1v) is 14.2. The molecule has 5 rings (SSSR count). The zero-order valence-corrected chi connectivity index (χ0v) is 25.1. The molecular weight excluding hydrogens is 607 g/mol. The lowest BCUT2D eigenvalue weighted by molar-refractivity contribution is -0.137. The highest BCUT2D eigenvalue weighted by molar-refractivity contribution is 7.23. The number of amides is 1. The Morgan fingerprint density at radius 2 is 1.95 bits per heavy atom. The van der Waals surface area contributed by atoms with Gasteiger partial charge in [0.05, 0.1) is 22.9 Å². The molecule has 1 fully saturated rings. The smallest absolute Gasteiger partial charge is 0.417 e. The summed E-state index contributed by atoms with van der Waals surface area (Å²) in [6, 6.07) is 4.16. The van der Waals surface area contributed by atoms with Gasteiger partial charge in [0, 0.05) is 42.0 Å². The van der Waals surface area contributed by atoms with Gasteiger partial charge in [0.2, 0.25) is 0 Å². The van der Waals surface area contributed by atoms with Gasteiger partial charge in [0.1, 0.15) is 33.8 Å². The van der Waals surface area contributed by atoms with E-state index >= 15 is 8.78 Å². The van der Waals surface area contributed by atoms with Crippen molar-refractivity contribution in [1.29, 1.82) is 5.26 Å². The minimum atomic E-state index is -5.08. The number of aromatic nitrogens is 2. The highest BCUT2D eigenvalue weighted by Gasteiger charge is 2.39. The van der Waals surface area contributed by atoms with E-state index in [2.05, 4.69) is 20.6 Å². The average Bonchev–Trinajstić information content (AvgIpc) is 3.30. The van der Waals surface area contributed by atoms with E-state index < -0.39 is 51.7 Å².